The molecule has 0 bridgehead atoms. The summed E-state index contributed by atoms with van der Waals surface area (Å²) in [5, 5.41) is 3.49. The first-order valence-electron chi connectivity index (χ1n) is 8.48. The summed E-state index contributed by atoms with van der Waals surface area (Å²) in [5.41, 5.74) is 0.449. The van der Waals surface area contributed by atoms with Crippen LogP contribution in [-0.2, 0) is 33.5 Å². The number of carbonyl (C=O) groups is 5. The Bertz CT molecular complexity index is 652. The average molecular weight is 379 g/mol. The number of amides is 4. The number of rotatable bonds is 10. The first kappa shape index (κ1) is 20.3. The van der Waals surface area contributed by atoms with E-state index in [1.54, 1.807) is 0 Å². The highest BCUT2D eigenvalue weighted by Gasteiger charge is 2.28. The van der Waals surface area contributed by atoms with Crippen molar-refractivity contribution in [2.45, 2.75) is 25.7 Å². The van der Waals surface area contributed by atoms with Crippen LogP contribution in [0.15, 0.2) is 24.4 Å². The Balaban J connectivity index is 1.49. The molecule has 0 radical (unpaired) electrons. The SMILES string of the molecule is C=C1CCC(=O)N1OC(=O)CCOCCNC(=O)CCN1C(=O)C=CC1=O. The maximum atomic E-state index is 11.7. The minimum Gasteiger partial charge on any atom is -0.379 e. The summed E-state index contributed by atoms with van der Waals surface area (Å²) in [6.07, 6.45) is 3.03. The Labute approximate surface area is 155 Å². The smallest absolute Gasteiger partial charge is 0.335 e. The molecule has 10 heteroatoms. The van der Waals surface area contributed by atoms with Gasteiger partial charge in [0.05, 0.1) is 25.3 Å². The Kier molecular flexibility index (Phi) is 7.24. The number of nitrogens with zero attached hydrogens (tertiary/aromatic N) is 2. The van der Waals surface area contributed by atoms with Gasteiger partial charge in [0.1, 0.15) is 0 Å². The topological polar surface area (TPSA) is 122 Å². The lowest BCUT2D eigenvalue weighted by Crippen LogP contribution is -2.35. The largest absolute Gasteiger partial charge is 0.379 e. The zero-order chi connectivity index (χ0) is 19.8. The van der Waals surface area contributed by atoms with Gasteiger partial charge in [0.25, 0.3) is 17.7 Å². The molecule has 0 atom stereocenters. The van der Waals surface area contributed by atoms with Crippen molar-refractivity contribution in [3.63, 3.8) is 0 Å². The van der Waals surface area contributed by atoms with E-state index in [1.165, 1.54) is 0 Å². The molecule has 2 rings (SSSR count). The average Bonchev–Trinajstić information content (AvgIpc) is 3.12. The van der Waals surface area contributed by atoms with Crippen molar-refractivity contribution in [1.29, 1.82) is 0 Å². The molecule has 2 aliphatic heterocycles. The summed E-state index contributed by atoms with van der Waals surface area (Å²) in [7, 11) is 0. The Morgan fingerprint density at radius 2 is 1.78 bits per heavy atom. The monoisotopic (exact) mass is 379 g/mol. The molecular formula is C17H21N3O7. The van der Waals surface area contributed by atoms with E-state index in [9.17, 15) is 24.0 Å². The molecule has 1 N–H and O–H groups in total. The Morgan fingerprint density at radius 1 is 1.07 bits per heavy atom. The molecule has 1 fully saturated rings. The van der Waals surface area contributed by atoms with Gasteiger partial charge in [-0.05, 0) is 6.42 Å². The maximum Gasteiger partial charge on any atom is 0.335 e. The molecular weight excluding hydrogens is 358 g/mol. The normalized spacial score (nSPS) is 16.4. The van der Waals surface area contributed by atoms with Crippen molar-refractivity contribution in [2.24, 2.45) is 0 Å². The lowest BCUT2D eigenvalue weighted by Gasteiger charge is -2.15. The lowest BCUT2D eigenvalue weighted by atomic mass is 10.3. The van der Waals surface area contributed by atoms with Crippen LogP contribution in [0.3, 0.4) is 0 Å². The van der Waals surface area contributed by atoms with E-state index in [0.717, 1.165) is 22.1 Å². The zero-order valence-corrected chi connectivity index (χ0v) is 14.8. The van der Waals surface area contributed by atoms with Gasteiger partial charge in [-0.1, -0.05) is 6.58 Å². The molecule has 10 nitrogen and oxygen atoms in total. The van der Waals surface area contributed by atoms with Crippen LogP contribution in [0, 0.1) is 0 Å². The molecule has 2 aliphatic rings. The fourth-order valence-corrected chi connectivity index (χ4v) is 2.37. The van der Waals surface area contributed by atoms with Gasteiger partial charge < -0.3 is 14.9 Å². The molecule has 0 spiro atoms. The third-order valence-electron chi connectivity index (χ3n) is 3.82. The highest BCUT2D eigenvalue weighted by molar-refractivity contribution is 6.13. The summed E-state index contributed by atoms with van der Waals surface area (Å²) in [4.78, 5) is 63.3. The van der Waals surface area contributed by atoms with Crippen molar-refractivity contribution in [1.82, 2.24) is 15.3 Å². The molecule has 2 heterocycles. The first-order chi connectivity index (χ1) is 12.9. The number of ether oxygens (including phenoxy) is 1. The predicted molar refractivity (Wildman–Crippen MR) is 90.2 cm³/mol. The second kappa shape index (κ2) is 9.62. The standard InChI is InChI=1S/C17H21N3O7/c1-12-2-3-16(24)20(12)27-17(25)7-10-26-11-8-18-13(21)6-9-19-14(22)4-5-15(19)23/h4-5H,1-3,6-11H2,(H,18,21). The molecule has 0 saturated carbocycles. The minimum absolute atomic E-state index is 0.000758. The number of hydrogen-bond donors (Lipinski definition) is 1. The van der Waals surface area contributed by atoms with E-state index in [0.29, 0.717) is 12.1 Å². The van der Waals surface area contributed by atoms with E-state index in [1.807, 2.05) is 0 Å². The van der Waals surface area contributed by atoms with E-state index in [2.05, 4.69) is 11.9 Å². The van der Waals surface area contributed by atoms with Crippen molar-refractivity contribution < 1.29 is 33.5 Å². The van der Waals surface area contributed by atoms with Crippen LogP contribution >= 0.6 is 0 Å². The highest BCUT2D eigenvalue weighted by Crippen LogP contribution is 2.20. The minimum atomic E-state index is -0.607. The van der Waals surface area contributed by atoms with Gasteiger partial charge in [-0.2, -0.15) is 0 Å². The number of hydrogen-bond acceptors (Lipinski definition) is 7. The Morgan fingerprint density at radius 3 is 2.41 bits per heavy atom. The van der Waals surface area contributed by atoms with Crippen molar-refractivity contribution >= 4 is 29.6 Å². The van der Waals surface area contributed by atoms with E-state index in [-0.39, 0.29) is 57.4 Å². The molecule has 1 saturated heterocycles. The quantitative estimate of drug-likeness (QED) is 0.398. The Hall–Kier alpha value is -3.01. The van der Waals surface area contributed by atoms with Gasteiger partial charge >= 0.3 is 5.97 Å². The molecule has 0 aliphatic carbocycles. The summed E-state index contributed by atoms with van der Waals surface area (Å²) < 4.78 is 5.21. The van der Waals surface area contributed by atoms with Gasteiger partial charge in [-0.3, -0.25) is 24.1 Å². The van der Waals surface area contributed by atoms with Gasteiger partial charge in [0.2, 0.25) is 5.91 Å². The molecule has 27 heavy (non-hydrogen) atoms. The van der Waals surface area contributed by atoms with Crippen molar-refractivity contribution in [2.75, 3.05) is 26.3 Å². The third-order valence-corrected chi connectivity index (χ3v) is 3.82. The van der Waals surface area contributed by atoms with Crippen LogP contribution < -0.4 is 5.32 Å². The summed E-state index contributed by atoms with van der Waals surface area (Å²) in [6.45, 7) is 4.13. The van der Waals surface area contributed by atoms with Crippen LogP contribution in [0.25, 0.3) is 0 Å². The van der Waals surface area contributed by atoms with E-state index in [4.69, 9.17) is 9.57 Å². The molecule has 0 unspecified atom stereocenters. The number of imide groups is 1. The number of nitrogens with one attached hydrogen (secondary N) is 1. The van der Waals surface area contributed by atoms with Gasteiger partial charge in [0.15, 0.2) is 0 Å². The summed E-state index contributed by atoms with van der Waals surface area (Å²) >= 11 is 0. The number of carbonyl (C=O) groups excluding carboxylic acids is 5. The molecule has 0 aromatic rings. The van der Waals surface area contributed by atoms with E-state index >= 15 is 0 Å². The third kappa shape index (κ3) is 6.03. The van der Waals surface area contributed by atoms with Crippen LogP contribution in [0.2, 0.25) is 0 Å². The second-order valence-corrected chi connectivity index (χ2v) is 5.84. The number of allylic oxidation sites excluding steroid dienone is 1. The van der Waals surface area contributed by atoms with Crippen LogP contribution in [0.4, 0.5) is 0 Å². The van der Waals surface area contributed by atoms with Crippen LogP contribution in [0.5, 0.6) is 0 Å². The fourth-order valence-electron chi connectivity index (χ4n) is 2.37. The zero-order valence-electron chi connectivity index (χ0n) is 14.8. The molecule has 0 aromatic carbocycles. The fraction of sp³-hybridized carbons (Fsp3) is 0.471. The lowest BCUT2D eigenvalue weighted by molar-refractivity contribution is -0.187. The summed E-state index contributed by atoms with van der Waals surface area (Å²) in [5.74, 6) is -2.09. The molecule has 4 amide bonds. The van der Waals surface area contributed by atoms with Crippen LogP contribution in [-0.4, -0.2) is 65.9 Å². The maximum absolute atomic E-state index is 11.7. The highest BCUT2D eigenvalue weighted by atomic mass is 16.7. The van der Waals surface area contributed by atoms with Crippen molar-refractivity contribution in [3.8, 4) is 0 Å². The van der Waals surface area contributed by atoms with Gasteiger partial charge in [0, 0.05) is 38.1 Å². The molecule has 0 aromatic heterocycles. The predicted octanol–water partition coefficient (Wildman–Crippen LogP) is -0.581. The first-order valence-corrected chi connectivity index (χ1v) is 8.48. The summed E-state index contributed by atoms with van der Waals surface area (Å²) in [6, 6.07) is 0. The molecule has 146 valence electrons. The van der Waals surface area contributed by atoms with Gasteiger partial charge in [-0.15, -0.1) is 5.06 Å². The number of hydroxylamine groups is 2. The second-order valence-electron chi connectivity index (χ2n) is 5.84. The van der Waals surface area contributed by atoms with Crippen molar-refractivity contribution in [3.05, 3.63) is 24.4 Å². The van der Waals surface area contributed by atoms with Gasteiger partial charge in [-0.25, -0.2) is 4.79 Å². The van der Waals surface area contributed by atoms with Crippen LogP contribution in [0.1, 0.15) is 25.7 Å². The van der Waals surface area contributed by atoms with E-state index < -0.39 is 17.8 Å².